The average molecular weight is 299 g/mol. The Bertz CT molecular complexity index is 390. The zero-order valence-electron chi connectivity index (χ0n) is 12.7. The SMILES string of the molecule is CC(C)N(CC(N)=O)C(=O)N1CCC(CCC(=O)O)CC1. The molecule has 0 aromatic rings. The number of nitrogens with zero attached hydrogens (tertiary/aromatic N) is 2. The number of carbonyl (C=O) groups is 3. The molecule has 1 fully saturated rings. The average Bonchev–Trinajstić information content (AvgIpc) is 2.42. The maximum atomic E-state index is 12.4. The van der Waals surface area contributed by atoms with Crippen LogP contribution in [0.1, 0.15) is 39.5 Å². The minimum absolute atomic E-state index is 0.0740. The van der Waals surface area contributed by atoms with E-state index in [4.69, 9.17) is 10.8 Å². The number of nitrogens with two attached hydrogens (primary N) is 1. The van der Waals surface area contributed by atoms with E-state index < -0.39 is 11.9 Å². The fraction of sp³-hybridized carbons (Fsp3) is 0.786. The molecule has 1 heterocycles. The second kappa shape index (κ2) is 7.85. The molecule has 3 N–H and O–H groups in total. The van der Waals surface area contributed by atoms with Crippen LogP contribution < -0.4 is 5.73 Å². The molecule has 0 aliphatic carbocycles. The molecule has 3 amide bonds. The highest BCUT2D eigenvalue weighted by molar-refractivity contribution is 5.83. The molecule has 1 aliphatic rings. The predicted molar refractivity (Wildman–Crippen MR) is 77.6 cm³/mol. The summed E-state index contributed by atoms with van der Waals surface area (Å²) in [5.74, 6) is -0.942. The molecule has 0 radical (unpaired) electrons. The lowest BCUT2D eigenvalue weighted by Crippen LogP contribution is -2.51. The lowest BCUT2D eigenvalue weighted by molar-refractivity contribution is -0.137. The lowest BCUT2D eigenvalue weighted by atomic mass is 9.92. The van der Waals surface area contributed by atoms with Crippen LogP contribution in [0.15, 0.2) is 0 Å². The topological polar surface area (TPSA) is 104 Å². The second-order valence-corrected chi connectivity index (χ2v) is 5.83. The first-order valence-electron chi connectivity index (χ1n) is 7.37. The molecule has 1 aliphatic heterocycles. The van der Waals surface area contributed by atoms with Crippen molar-refractivity contribution in [2.75, 3.05) is 19.6 Å². The van der Waals surface area contributed by atoms with Crippen LogP contribution in [0.3, 0.4) is 0 Å². The number of carboxylic acid groups (broad SMARTS) is 1. The molecule has 7 nitrogen and oxygen atoms in total. The van der Waals surface area contributed by atoms with Gasteiger partial charge in [-0.25, -0.2) is 4.79 Å². The van der Waals surface area contributed by atoms with Gasteiger partial charge in [-0.3, -0.25) is 9.59 Å². The van der Waals surface area contributed by atoms with Crippen LogP contribution in [0, 0.1) is 5.92 Å². The first-order chi connectivity index (χ1) is 9.81. The summed E-state index contributed by atoms with van der Waals surface area (Å²) >= 11 is 0. The minimum Gasteiger partial charge on any atom is -0.481 e. The highest BCUT2D eigenvalue weighted by Gasteiger charge is 2.28. The van der Waals surface area contributed by atoms with E-state index in [1.54, 1.807) is 4.90 Å². The first kappa shape index (κ1) is 17.3. The molecule has 120 valence electrons. The van der Waals surface area contributed by atoms with Crippen LogP contribution in [-0.2, 0) is 9.59 Å². The van der Waals surface area contributed by atoms with E-state index in [1.807, 2.05) is 13.8 Å². The maximum absolute atomic E-state index is 12.4. The molecule has 0 aromatic carbocycles. The van der Waals surface area contributed by atoms with Gasteiger partial charge in [0.2, 0.25) is 5.91 Å². The van der Waals surface area contributed by atoms with Crippen LogP contribution in [0.25, 0.3) is 0 Å². The van der Waals surface area contributed by atoms with E-state index >= 15 is 0 Å². The number of amides is 3. The molecule has 1 saturated heterocycles. The van der Waals surface area contributed by atoms with Crippen LogP contribution in [0.4, 0.5) is 4.79 Å². The number of urea groups is 1. The Morgan fingerprint density at radius 1 is 1.29 bits per heavy atom. The summed E-state index contributed by atoms with van der Waals surface area (Å²) in [7, 11) is 0. The molecule has 0 saturated carbocycles. The number of primary amides is 1. The van der Waals surface area contributed by atoms with Crippen LogP contribution >= 0.6 is 0 Å². The normalized spacial score (nSPS) is 16.0. The first-order valence-corrected chi connectivity index (χ1v) is 7.37. The van der Waals surface area contributed by atoms with Crippen molar-refractivity contribution >= 4 is 17.9 Å². The van der Waals surface area contributed by atoms with Gasteiger partial charge in [-0.2, -0.15) is 0 Å². The number of rotatable bonds is 6. The van der Waals surface area contributed by atoms with E-state index in [0.29, 0.717) is 25.4 Å². The highest BCUT2D eigenvalue weighted by atomic mass is 16.4. The molecule has 1 rings (SSSR count). The van der Waals surface area contributed by atoms with E-state index in [0.717, 1.165) is 12.8 Å². The summed E-state index contributed by atoms with van der Waals surface area (Å²) < 4.78 is 0. The molecule has 21 heavy (non-hydrogen) atoms. The number of carbonyl (C=O) groups excluding carboxylic acids is 2. The summed E-state index contributed by atoms with van der Waals surface area (Å²) in [4.78, 5) is 37.2. The number of likely N-dealkylation sites (tertiary alicyclic amines) is 1. The molecule has 0 aromatic heterocycles. The monoisotopic (exact) mass is 299 g/mol. The number of piperidine rings is 1. The van der Waals surface area contributed by atoms with Gasteiger partial charge < -0.3 is 20.6 Å². The third-order valence-corrected chi connectivity index (χ3v) is 3.85. The van der Waals surface area contributed by atoms with Gasteiger partial charge in [-0.15, -0.1) is 0 Å². The Labute approximate surface area is 125 Å². The van der Waals surface area contributed by atoms with E-state index in [9.17, 15) is 14.4 Å². The summed E-state index contributed by atoms with van der Waals surface area (Å²) in [6.45, 7) is 4.83. The van der Waals surface area contributed by atoms with Crippen molar-refractivity contribution in [2.24, 2.45) is 11.7 Å². The van der Waals surface area contributed by atoms with Crippen molar-refractivity contribution in [2.45, 2.75) is 45.6 Å². The van der Waals surface area contributed by atoms with Crippen molar-refractivity contribution in [1.82, 2.24) is 9.80 Å². The number of aliphatic carboxylic acids is 1. The van der Waals surface area contributed by atoms with Gasteiger partial charge in [0, 0.05) is 25.6 Å². The van der Waals surface area contributed by atoms with Gasteiger partial charge in [-0.05, 0) is 39.0 Å². The van der Waals surface area contributed by atoms with Crippen molar-refractivity contribution < 1.29 is 19.5 Å². The quantitative estimate of drug-likeness (QED) is 0.759. The summed E-state index contributed by atoms with van der Waals surface area (Å²) in [6, 6.07) is -0.254. The molecule has 0 spiro atoms. The third kappa shape index (κ3) is 5.61. The Kier molecular flexibility index (Phi) is 6.45. The van der Waals surface area contributed by atoms with Crippen molar-refractivity contribution in [3.8, 4) is 0 Å². The Balaban J connectivity index is 2.49. The fourth-order valence-electron chi connectivity index (χ4n) is 2.56. The Hall–Kier alpha value is -1.79. The molecule has 0 unspecified atom stereocenters. The van der Waals surface area contributed by atoms with Crippen LogP contribution in [0.5, 0.6) is 0 Å². The molecule has 0 bridgehead atoms. The Morgan fingerprint density at radius 3 is 2.29 bits per heavy atom. The minimum atomic E-state index is -0.777. The zero-order valence-corrected chi connectivity index (χ0v) is 12.7. The second-order valence-electron chi connectivity index (χ2n) is 5.83. The van der Waals surface area contributed by atoms with Crippen molar-refractivity contribution in [1.29, 1.82) is 0 Å². The standard InChI is InChI=1S/C14H25N3O4/c1-10(2)17(9-12(15)18)14(21)16-7-5-11(6-8-16)3-4-13(19)20/h10-11H,3-9H2,1-2H3,(H2,15,18)(H,19,20). The summed E-state index contributed by atoms with van der Waals surface area (Å²) in [5, 5.41) is 8.69. The van der Waals surface area contributed by atoms with E-state index in [1.165, 1.54) is 4.90 Å². The molecular weight excluding hydrogens is 274 g/mol. The fourth-order valence-corrected chi connectivity index (χ4v) is 2.56. The van der Waals surface area contributed by atoms with Gasteiger partial charge in [0.15, 0.2) is 0 Å². The Morgan fingerprint density at radius 2 is 1.86 bits per heavy atom. The number of hydrogen-bond acceptors (Lipinski definition) is 3. The molecule has 7 heteroatoms. The maximum Gasteiger partial charge on any atom is 0.320 e. The summed E-state index contributed by atoms with van der Waals surface area (Å²) in [6.07, 6.45) is 2.45. The highest BCUT2D eigenvalue weighted by Crippen LogP contribution is 2.23. The molecular formula is C14H25N3O4. The smallest absolute Gasteiger partial charge is 0.320 e. The van der Waals surface area contributed by atoms with E-state index in [2.05, 4.69) is 0 Å². The van der Waals surface area contributed by atoms with Crippen LogP contribution in [-0.4, -0.2) is 58.5 Å². The van der Waals surface area contributed by atoms with Crippen molar-refractivity contribution in [3.05, 3.63) is 0 Å². The number of carboxylic acids is 1. The lowest BCUT2D eigenvalue weighted by Gasteiger charge is -2.36. The van der Waals surface area contributed by atoms with Crippen LogP contribution in [0.2, 0.25) is 0 Å². The van der Waals surface area contributed by atoms with Gasteiger partial charge >= 0.3 is 12.0 Å². The van der Waals surface area contributed by atoms with E-state index in [-0.39, 0.29) is 25.0 Å². The van der Waals surface area contributed by atoms with Gasteiger partial charge in [-0.1, -0.05) is 0 Å². The third-order valence-electron chi connectivity index (χ3n) is 3.85. The number of hydrogen-bond donors (Lipinski definition) is 2. The molecule has 0 atom stereocenters. The zero-order chi connectivity index (χ0) is 16.0. The van der Waals surface area contributed by atoms with Gasteiger partial charge in [0.05, 0.1) is 0 Å². The summed E-state index contributed by atoms with van der Waals surface area (Å²) in [5.41, 5.74) is 5.18. The van der Waals surface area contributed by atoms with Gasteiger partial charge in [0.25, 0.3) is 0 Å². The van der Waals surface area contributed by atoms with Gasteiger partial charge in [0.1, 0.15) is 6.54 Å². The van der Waals surface area contributed by atoms with Crippen molar-refractivity contribution in [3.63, 3.8) is 0 Å². The predicted octanol–water partition coefficient (Wildman–Crippen LogP) is 0.879. The largest absolute Gasteiger partial charge is 0.481 e.